The number of ether oxygens (including phenoxy) is 1. The molecule has 6 nitrogen and oxygen atoms in total. The smallest absolute Gasteiger partial charge is 0.254 e. The molecule has 0 radical (unpaired) electrons. The van der Waals surface area contributed by atoms with Crippen molar-refractivity contribution in [3.8, 4) is 0 Å². The van der Waals surface area contributed by atoms with Crippen LogP contribution in [0.5, 0.6) is 0 Å². The second-order valence-electron chi connectivity index (χ2n) is 8.45. The minimum atomic E-state index is -0.692. The lowest BCUT2D eigenvalue weighted by Crippen LogP contribution is -2.51. The molecule has 0 spiro atoms. The lowest BCUT2D eigenvalue weighted by molar-refractivity contribution is -0.167. The summed E-state index contributed by atoms with van der Waals surface area (Å²) in [4.78, 5) is 19.2. The van der Waals surface area contributed by atoms with E-state index in [9.17, 15) is 14.3 Å². The van der Waals surface area contributed by atoms with Crippen LogP contribution in [0, 0.1) is 5.82 Å². The van der Waals surface area contributed by atoms with Crippen molar-refractivity contribution < 1.29 is 19.0 Å². The summed E-state index contributed by atoms with van der Waals surface area (Å²) in [5.41, 5.74) is 1.07. The summed E-state index contributed by atoms with van der Waals surface area (Å²) in [6.45, 7) is 6.27. The summed E-state index contributed by atoms with van der Waals surface area (Å²) in [7, 11) is 0. The van der Waals surface area contributed by atoms with E-state index >= 15 is 0 Å². The molecule has 0 saturated carbocycles. The van der Waals surface area contributed by atoms with Gasteiger partial charge in [0.1, 0.15) is 5.82 Å². The number of carbonyl (C=O) groups excluding carboxylic acids is 1. The predicted octanol–water partition coefficient (Wildman–Crippen LogP) is 1.87. The van der Waals surface area contributed by atoms with Crippen molar-refractivity contribution in [2.45, 2.75) is 50.4 Å². The van der Waals surface area contributed by atoms with Crippen LogP contribution in [0.25, 0.3) is 0 Å². The average Bonchev–Trinajstić information content (AvgIpc) is 3.29. The number of hydrogen-bond donors (Lipinski definition) is 1. The highest BCUT2D eigenvalue weighted by molar-refractivity contribution is 5.82. The van der Waals surface area contributed by atoms with Gasteiger partial charge >= 0.3 is 0 Å². The van der Waals surface area contributed by atoms with Crippen molar-refractivity contribution in [2.24, 2.45) is 0 Å². The first kappa shape index (κ1) is 20.6. The third kappa shape index (κ3) is 5.08. The molecule has 0 aliphatic carbocycles. The molecule has 29 heavy (non-hydrogen) atoms. The Morgan fingerprint density at radius 1 is 1.03 bits per heavy atom. The van der Waals surface area contributed by atoms with E-state index in [1.807, 2.05) is 17.0 Å². The Balaban J connectivity index is 1.22. The Hall–Kier alpha value is -1.70. The first-order chi connectivity index (χ1) is 14.1. The fourth-order valence-corrected chi connectivity index (χ4v) is 4.63. The first-order valence-electron chi connectivity index (χ1n) is 11.0. The Bertz CT molecular complexity index is 672. The molecule has 0 unspecified atom stereocenters. The fourth-order valence-electron chi connectivity index (χ4n) is 4.63. The maximum absolute atomic E-state index is 13.1. The van der Waals surface area contributed by atoms with Crippen molar-refractivity contribution in [1.82, 2.24) is 9.80 Å². The first-order valence-corrected chi connectivity index (χ1v) is 11.0. The number of aliphatic hydroxyl groups is 1. The monoisotopic (exact) mass is 405 g/mol. The van der Waals surface area contributed by atoms with Gasteiger partial charge in [-0.15, -0.1) is 0 Å². The Morgan fingerprint density at radius 2 is 1.72 bits per heavy atom. The maximum Gasteiger partial charge on any atom is 0.254 e. The third-order valence-electron chi connectivity index (χ3n) is 6.47. The molecule has 0 bridgehead atoms. The Kier molecular flexibility index (Phi) is 6.67. The quantitative estimate of drug-likeness (QED) is 0.811. The molecule has 1 amide bonds. The standard InChI is InChI=1S/C22H32FN3O3/c23-17-3-5-18(6-4-17)25-15-13-24(14-16-25)12-9-19-7-8-20(27)21(29-19)22(28)26-10-1-2-11-26/h3-6,19-21,27H,1-2,7-16H2/t19-,20-,21-/m0/s1. The Labute approximate surface area is 172 Å². The number of hydrogen-bond acceptors (Lipinski definition) is 5. The highest BCUT2D eigenvalue weighted by Crippen LogP contribution is 2.25. The van der Waals surface area contributed by atoms with Gasteiger partial charge in [0.25, 0.3) is 5.91 Å². The summed E-state index contributed by atoms with van der Waals surface area (Å²) >= 11 is 0. The minimum Gasteiger partial charge on any atom is -0.390 e. The molecule has 1 N–H and O–H groups in total. The number of aliphatic hydroxyl groups excluding tert-OH is 1. The van der Waals surface area contributed by atoms with E-state index in [-0.39, 0.29) is 17.8 Å². The van der Waals surface area contributed by atoms with Crippen LogP contribution in [-0.4, -0.2) is 84.9 Å². The molecule has 160 valence electrons. The van der Waals surface area contributed by atoms with Crippen molar-refractivity contribution in [3.05, 3.63) is 30.1 Å². The van der Waals surface area contributed by atoms with Gasteiger partial charge in [0.15, 0.2) is 6.10 Å². The van der Waals surface area contributed by atoms with Gasteiger partial charge in [-0.25, -0.2) is 4.39 Å². The van der Waals surface area contributed by atoms with E-state index in [0.717, 1.165) is 77.2 Å². The number of carbonyl (C=O) groups is 1. The van der Waals surface area contributed by atoms with Gasteiger partial charge in [-0.2, -0.15) is 0 Å². The van der Waals surface area contributed by atoms with Gasteiger partial charge in [0.05, 0.1) is 12.2 Å². The van der Waals surface area contributed by atoms with E-state index < -0.39 is 12.2 Å². The average molecular weight is 406 g/mol. The molecule has 1 aromatic rings. The third-order valence-corrected chi connectivity index (χ3v) is 6.47. The summed E-state index contributed by atoms with van der Waals surface area (Å²) in [6, 6.07) is 6.69. The zero-order chi connectivity index (χ0) is 20.2. The molecule has 3 atom stereocenters. The molecule has 7 heteroatoms. The molecule has 3 aliphatic rings. The number of benzene rings is 1. The van der Waals surface area contributed by atoms with Crippen LogP contribution >= 0.6 is 0 Å². The largest absolute Gasteiger partial charge is 0.390 e. The molecule has 4 rings (SSSR count). The molecular formula is C22H32FN3O3. The minimum absolute atomic E-state index is 0.0325. The van der Waals surface area contributed by atoms with E-state index in [4.69, 9.17) is 4.74 Å². The maximum atomic E-state index is 13.1. The van der Waals surface area contributed by atoms with Crippen molar-refractivity contribution >= 4 is 11.6 Å². The van der Waals surface area contributed by atoms with Crippen LogP contribution in [0.2, 0.25) is 0 Å². The van der Waals surface area contributed by atoms with E-state index in [2.05, 4.69) is 9.80 Å². The number of likely N-dealkylation sites (tertiary alicyclic amines) is 1. The van der Waals surface area contributed by atoms with Crippen LogP contribution in [0.3, 0.4) is 0 Å². The van der Waals surface area contributed by atoms with Crippen molar-refractivity contribution in [2.75, 3.05) is 50.7 Å². The van der Waals surface area contributed by atoms with Crippen LogP contribution < -0.4 is 4.90 Å². The SMILES string of the molecule is O=C([C@H]1O[C@H](CCN2CCN(c3ccc(F)cc3)CC2)CC[C@@H]1O)N1CCCC1. The molecular weight excluding hydrogens is 373 g/mol. The Morgan fingerprint density at radius 3 is 2.41 bits per heavy atom. The van der Waals surface area contributed by atoms with Gasteiger partial charge in [-0.05, 0) is 56.4 Å². The van der Waals surface area contributed by atoms with E-state index in [1.165, 1.54) is 12.1 Å². The number of piperazine rings is 1. The van der Waals surface area contributed by atoms with Crippen LogP contribution in [0.15, 0.2) is 24.3 Å². The van der Waals surface area contributed by atoms with Gasteiger partial charge in [-0.3, -0.25) is 9.69 Å². The molecule has 1 aromatic carbocycles. The van der Waals surface area contributed by atoms with Crippen LogP contribution in [-0.2, 0) is 9.53 Å². The van der Waals surface area contributed by atoms with Gasteiger partial charge in [0, 0.05) is 51.5 Å². The van der Waals surface area contributed by atoms with E-state index in [1.54, 1.807) is 0 Å². The second kappa shape index (κ2) is 9.41. The molecule has 3 aliphatic heterocycles. The highest BCUT2D eigenvalue weighted by Gasteiger charge is 2.38. The number of rotatable bonds is 5. The molecule has 0 aromatic heterocycles. The lowest BCUT2D eigenvalue weighted by Gasteiger charge is -2.38. The summed E-state index contributed by atoms with van der Waals surface area (Å²) in [6.07, 6.45) is 3.07. The van der Waals surface area contributed by atoms with E-state index in [0.29, 0.717) is 6.42 Å². The zero-order valence-electron chi connectivity index (χ0n) is 17.0. The van der Waals surface area contributed by atoms with Gasteiger partial charge < -0.3 is 19.6 Å². The predicted molar refractivity (Wildman–Crippen MR) is 109 cm³/mol. The number of amides is 1. The van der Waals surface area contributed by atoms with Crippen LogP contribution in [0.1, 0.15) is 32.1 Å². The highest BCUT2D eigenvalue weighted by atomic mass is 19.1. The van der Waals surface area contributed by atoms with Gasteiger partial charge in [0.2, 0.25) is 0 Å². The van der Waals surface area contributed by atoms with Gasteiger partial charge in [-0.1, -0.05) is 0 Å². The fraction of sp³-hybridized carbons (Fsp3) is 0.682. The zero-order valence-corrected chi connectivity index (χ0v) is 17.0. The number of anilines is 1. The summed E-state index contributed by atoms with van der Waals surface area (Å²) in [5, 5.41) is 10.3. The van der Waals surface area contributed by atoms with Crippen molar-refractivity contribution in [3.63, 3.8) is 0 Å². The molecule has 3 fully saturated rings. The number of nitrogens with zero attached hydrogens (tertiary/aromatic N) is 3. The number of halogens is 1. The summed E-state index contributed by atoms with van der Waals surface area (Å²) in [5.74, 6) is -0.237. The normalized spacial score (nSPS) is 28.7. The second-order valence-corrected chi connectivity index (χ2v) is 8.45. The summed E-state index contributed by atoms with van der Waals surface area (Å²) < 4.78 is 19.2. The van der Waals surface area contributed by atoms with Crippen LogP contribution in [0.4, 0.5) is 10.1 Å². The topological polar surface area (TPSA) is 56.3 Å². The molecule has 3 heterocycles. The molecule has 3 saturated heterocycles. The lowest BCUT2D eigenvalue weighted by atomic mass is 9.98. The van der Waals surface area contributed by atoms with Crippen molar-refractivity contribution in [1.29, 1.82) is 0 Å².